The Morgan fingerprint density at radius 2 is 1.69 bits per heavy atom. The second-order valence-corrected chi connectivity index (χ2v) is 6.71. The maximum absolute atomic E-state index is 12.2. The van der Waals surface area contributed by atoms with Crippen LogP contribution in [0.15, 0.2) is 77.4 Å². The Hall–Kier alpha value is -3.54. The highest BCUT2D eigenvalue weighted by molar-refractivity contribution is 5.96. The van der Waals surface area contributed by atoms with Crippen LogP contribution in [0.4, 0.5) is 0 Å². The number of ether oxygens (including phenoxy) is 1. The van der Waals surface area contributed by atoms with E-state index in [4.69, 9.17) is 9.15 Å². The largest absolute Gasteiger partial charge is 0.469 e. The molecule has 3 rings (SSSR count). The van der Waals surface area contributed by atoms with Crippen molar-refractivity contribution in [3.05, 3.63) is 84.3 Å². The summed E-state index contributed by atoms with van der Waals surface area (Å²) in [7, 11) is 0. The lowest BCUT2D eigenvalue weighted by Gasteiger charge is -2.13. The van der Waals surface area contributed by atoms with Crippen molar-refractivity contribution in [2.75, 3.05) is 6.54 Å². The quantitative estimate of drug-likeness (QED) is 0.578. The average molecular weight is 392 g/mol. The van der Waals surface area contributed by atoms with E-state index < -0.39 is 0 Å². The van der Waals surface area contributed by atoms with Crippen LogP contribution < -0.4 is 15.4 Å². The van der Waals surface area contributed by atoms with Gasteiger partial charge in [-0.2, -0.15) is 0 Å². The number of nitrogens with one attached hydrogen (secondary N) is 2. The minimum Gasteiger partial charge on any atom is -0.469 e. The van der Waals surface area contributed by atoms with Crippen molar-refractivity contribution in [2.24, 2.45) is 0 Å². The number of benzene rings is 2. The number of furan rings is 1. The third-order valence-corrected chi connectivity index (χ3v) is 4.32. The van der Waals surface area contributed by atoms with Gasteiger partial charge in [-0.3, -0.25) is 9.59 Å². The van der Waals surface area contributed by atoms with Gasteiger partial charge in [-0.05, 0) is 61.9 Å². The van der Waals surface area contributed by atoms with Crippen molar-refractivity contribution in [1.29, 1.82) is 0 Å². The first-order chi connectivity index (χ1) is 14.1. The molecule has 1 atom stereocenters. The summed E-state index contributed by atoms with van der Waals surface area (Å²) in [5.74, 6) is 1.71. The third-order valence-electron chi connectivity index (χ3n) is 4.32. The highest BCUT2D eigenvalue weighted by atomic mass is 16.5. The molecular weight excluding hydrogens is 368 g/mol. The van der Waals surface area contributed by atoms with Crippen LogP contribution in [0.1, 0.15) is 29.5 Å². The average Bonchev–Trinajstić information content (AvgIpc) is 3.25. The molecule has 0 aliphatic rings. The molecule has 0 bridgehead atoms. The lowest BCUT2D eigenvalue weighted by atomic mass is 10.1. The van der Waals surface area contributed by atoms with Gasteiger partial charge in [0.05, 0.1) is 12.8 Å². The standard InChI is InChI=1S/C23H24N2O4/c1-17(9-12-19-8-5-15-28-19)25-22(26)16-24-23(27)18-10-13-21(14-11-18)29-20-6-3-2-4-7-20/h2-8,10-11,13-15,17H,9,12,16H2,1H3,(H,24,27)(H,25,26)/t17-/m1/s1. The van der Waals surface area contributed by atoms with Crippen molar-refractivity contribution in [3.63, 3.8) is 0 Å². The molecule has 6 heteroatoms. The number of amides is 2. The Kier molecular flexibility index (Phi) is 7.05. The normalized spacial score (nSPS) is 11.5. The summed E-state index contributed by atoms with van der Waals surface area (Å²) < 4.78 is 11.0. The third kappa shape index (κ3) is 6.53. The summed E-state index contributed by atoms with van der Waals surface area (Å²) in [5, 5.41) is 5.50. The van der Waals surface area contributed by atoms with E-state index in [-0.39, 0.29) is 24.4 Å². The first-order valence-corrected chi connectivity index (χ1v) is 9.53. The number of carbonyl (C=O) groups excluding carboxylic acids is 2. The van der Waals surface area contributed by atoms with Gasteiger partial charge in [-0.1, -0.05) is 18.2 Å². The number of para-hydroxylation sites is 1. The first kappa shape index (κ1) is 20.2. The van der Waals surface area contributed by atoms with E-state index in [0.29, 0.717) is 11.3 Å². The van der Waals surface area contributed by atoms with Crippen molar-refractivity contribution >= 4 is 11.8 Å². The Labute approximate surface area is 169 Å². The molecule has 0 saturated carbocycles. The molecule has 2 aromatic carbocycles. The Morgan fingerprint density at radius 3 is 2.38 bits per heavy atom. The van der Waals surface area contributed by atoms with E-state index in [2.05, 4.69) is 10.6 Å². The molecule has 2 amide bonds. The topological polar surface area (TPSA) is 80.6 Å². The summed E-state index contributed by atoms with van der Waals surface area (Å²) in [6.07, 6.45) is 3.14. The van der Waals surface area contributed by atoms with Gasteiger partial charge in [0, 0.05) is 18.0 Å². The molecule has 6 nitrogen and oxygen atoms in total. The maximum atomic E-state index is 12.2. The van der Waals surface area contributed by atoms with E-state index in [1.165, 1.54) is 0 Å². The predicted octanol–water partition coefficient (Wildman–Crippen LogP) is 3.94. The zero-order valence-electron chi connectivity index (χ0n) is 16.3. The van der Waals surface area contributed by atoms with Crippen LogP contribution in [0.2, 0.25) is 0 Å². The van der Waals surface area contributed by atoms with E-state index in [1.807, 2.05) is 49.4 Å². The van der Waals surface area contributed by atoms with Crippen LogP contribution in [0.3, 0.4) is 0 Å². The molecule has 29 heavy (non-hydrogen) atoms. The van der Waals surface area contributed by atoms with Gasteiger partial charge >= 0.3 is 0 Å². The monoisotopic (exact) mass is 392 g/mol. The van der Waals surface area contributed by atoms with Gasteiger partial charge < -0.3 is 19.8 Å². The van der Waals surface area contributed by atoms with Gasteiger partial charge in [0.1, 0.15) is 17.3 Å². The second kappa shape index (κ2) is 10.1. The zero-order chi connectivity index (χ0) is 20.5. The molecule has 0 unspecified atom stereocenters. The maximum Gasteiger partial charge on any atom is 0.251 e. The van der Waals surface area contributed by atoms with Crippen LogP contribution in [0, 0.1) is 0 Å². The molecule has 0 fully saturated rings. The smallest absolute Gasteiger partial charge is 0.251 e. The molecule has 0 aliphatic heterocycles. The van der Waals surface area contributed by atoms with Crippen LogP contribution in [0.5, 0.6) is 11.5 Å². The van der Waals surface area contributed by atoms with E-state index in [0.717, 1.165) is 24.4 Å². The molecule has 1 heterocycles. The molecule has 3 aromatic rings. The van der Waals surface area contributed by atoms with E-state index >= 15 is 0 Å². The lowest BCUT2D eigenvalue weighted by Crippen LogP contribution is -2.41. The summed E-state index contributed by atoms with van der Waals surface area (Å²) >= 11 is 0. The molecule has 0 spiro atoms. The van der Waals surface area contributed by atoms with Gasteiger partial charge in [0.15, 0.2) is 0 Å². The minimum absolute atomic E-state index is 0.0149. The summed E-state index contributed by atoms with van der Waals surface area (Å²) in [6, 6.07) is 19.9. The SMILES string of the molecule is C[C@H](CCc1ccco1)NC(=O)CNC(=O)c1ccc(Oc2ccccc2)cc1. The fourth-order valence-corrected chi connectivity index (χ4v) is 2.77. The fraction of sp³-hybridized carbons (Fsp3) is 0.217. The molecule has 2 N–H and O–H groups in total. The van der Waals surface area contributed by atoms with Crippen LogP contribution in [0.25, 0.3) is 0 Å². The summed E-state index contributed by atoms with van der Waals surface area (Å²) in [4.78, 5) is 24.3. The minimum atomic E-state index is -0.311. The molecule has 150 valence electrons. The van der Waals surface area contributed by atoms with E-state index in [1.54, 1.807) is 30.5 Å². The van der Waals surface area contributed by atoms with E-state index in [9.17, 15) is 9.59 Å². The molecule has 0 saturated heterocycles. The number of carbonyl (C=O) groups is 2. The highest BCUT2D eigenvalue weighted by Crippen LogP contribution is 2.21. The molecule has 0 radical (unpaired) electrons. The van der Waals surface area contributed by atoms with Crippen LogP contribution in [-0.2, 0) is 11.2 Å². The summed E-state index contributed by atoms with van der Waals surface area (Å²) in [5.41, 5.74) is 0.462. The number of hydrogen-bond donors (Lipinski definition) is 2. The van der Waals surface area contributed by atoms with Crippen molar-refractivity contribution in [1.82, 2.24) is 10.6 Å². The van der Waals surface area contributed by atoms with Gasteiger partial charge in [0.2, 0.25) is 5.91 Å². The van der Waals surface area contributed by atoms with Crippen LogP contribution in [-0.4, -0.2) is 24.4 Å². The zero-order valence-corrected chi connectivity index (χ0v) is 16.3. The van der Waals surface area contributed by atoms with Gasteiger partial charge in [-0.15, -0.1) is 0 Å². The number of rotatable bonds is 9. The predicted molar refractivity (Wildman–Crippen MR) is 110 cm³/mol. The fourth-order valence-electron chi connectivity index (χ4n) is 2.77. The summed E-state index contributed by atoms with van der Waals surface area (Å²) in [6.45, 7) is 1.85. The molecule has 1 aromatic heterocycles. The second-order valence-electron chi connectivity index (χ2n) is 6.71. The first-order valence-electron chi connectivity index (χ1n) is 9.53. The van der Waals surface area contributed by atoms with Gasteiger partial charge in [-0.25, -0.2) is 0 Å². The Balaban J connectivity index is 1.40. The Morgan fingerprint density at radius 1 is 0.966 bits per heavy atom. The highest BCUT2D eigenvalue weighted by Gasteiger charge is 2.11. The van der Waals surface area contributed by atoms with Crippen molar-refractivity contribution in [2.45, 2.75) is 25.8 Å². The molecular formula is C23H24N2O4. The van der Waals surface area contributed by atoms with Crippen LogP contribution >= 0.6 is 0 Å². The number of hydrogen-bond acceptors (Lipinski definition) is 4. The molecule has 0 aliphatic carbocycles. The number of aryl methyl sites for hydroxylation is 1. The van der Waals surface area contributed by atoms with Crippen molar-refractivity contribution < 1.29 is 18.7 Å². The lowest BCUT2D eigenvalue weighted by molar-refractivity contribution is -0.120. The van der Waals surface area contributed by atoms with Crippen molar-refractivity contribution in [3.8, 4) is 11.5 Å². The Bertz CT molecular complexity index is 906. The van der Waals surface area contributed by atoms with Gasteiger partial charge in [0.25, 0.3) is 5.91 Å².